The second-order valence-electron chi connectivity index (χ2n) is 13.9. The molecule has 0 atom stereocenters. The Morgan fingerprint density at radius 2 is 1.12 bits per heavy atom. The molecule has 1 aromatic heterocycles. The zero-order chi connectivity index (χ0) is 33.1. The van der Waals surface area contributed by atoms with Crippen LogP contribution in [0.25, 0.3) is 38.8 Å². The van der Waals surface area contributed by atoms with Gasteiger partial charge in [0.25, 0.3) is 0 Å². The van der Waals surface area contributed by atoms with Gasteiger partial charge in [-0.1, -0.05) is 140 Å². The second-order valence-corrected chi connectivity index (χ2v) is 13.9. The largest absolute Gasteiger partial charge is 0.679 e. The number of rotatable bonds is 10. The third kappa shape index (κ3) is 9.39. The molecule has 0 bridgehead atoms. The van der Waals surface area contributed by atoms with Crippen LogP contribution in [0.2, 0.25) is 0 Å². The van der Waals surface area contributed by atoms with E-state index in [2.05, 4.69) is 141 Å². The third-order valence-corrected chi connectivity index (χ3v) is 8.92. The second kappa shape index (κ2) is 17.9. The van der Waals surface area contributed by atoms with Crippen molar-refractivity contribution in [3.63, 3.8) is 0 Å². The maximum Gasteiger partial charge on any atom is 0.131 e. The van der Waals surface area contributed by atoms with E-state index in [1.807, 2.05) is 12.1 Å². The minimum absolute atomic E-state index is 0. The fourth-order valence-corrected chi connectivity index (χ4v) is 6.22. The molecule has 0 fully saturated rings. The van der Waals surface area contributed by atoms with Crippen molar-refractivity contribution >= 4 is 5.69 Å². The average Bonchev–Trinajstić information content (AvgIpc) is 3.04. The van der Waals surface area contributed by atoms with Crippen LogP contribution in [0.5, 0.6) is 5.75 Å². The molecule has 0 amide bonds. The summed E-state index contributed by atoms with van der Waals surface area (Å²) in [7, 11) is 0. The van der Waals surface area contributed by atoms with Crippen LogP contribution in [0.1, 0.15) is 113 Å². The summed E-state index contributed by atoms with van der Waals surface area (Å²) in [4.78, 5) is 5.11. The molecule has 4 heteroatoms. The Morgan fingerprint density at radius 1 is 0.592 bits per heavy atom. The smallest absolute Gasteiger partial charge is 0.131 e. The Balaban J connectivity index is 0.00000278. The number of pyridine rings is 1. The van der Waals surface area contributed by atoms with E-state index in [1.165, 1.54) is 22.3 Å². The summed E-state index contributed by atoms with van der Waals surface area (Å²) in [5, 5.41) is 17.1. The first-order chi connectivity index (χ1) is 21.9. The van der Waals surface area contributed by atoms with Crippen molar-refractivity contribution in [2.45, 2.75) is 92.5 Å². The van der Waals surface area contributed by atoms with Gasteiger partial charge in [0.2, 0.25) is 0 Å². The van der Waals surface area contributed by atoms with Gasteiger partial charge in [-0.3, -0.25) is 4.98 Å². The predicted octanol–water partition coefficient (Wildman–Crippen LogP) is 13.7. The molecule has 0 radical (unpaired) electrons. The van der Waals surface area contributed by atoms with Crippen LogP contribution in [0, 0.1) is 21.8 Å². The first-order valence-electron chi connectivity index (χ1n) is 16.8. The molecule has 5 rings (SSSR count). The summed E-state index contributed by atoms with van der Waals surface area (Å²) in [5.74, 6) is 1.86. The molecule has 0 saturated carbocycles. The van der Waals surface area contributed by atoms with E-state index in [0.29, 0.717) is 36.0 Å². The molecule has 0 aliphatic rings. The molecular formula is C45H55HfN2O-3. The zero-order valence-electron chi connectivity index (χ0n) is 31.5. The van der Waals surface area contributed by atoms with Crippen molar-refractivity contribution < 1.29 is 30.9 Å². The SMILES string of the molecule is Cc1cc(-c2cc(C(C)C)cc(C(C)C)c2)c(O)c(-c2ccccc2-c2cccc(C[N-]c3c(C(C)C)cccc3C(C)C)n2)c1.[CH3-].[CH3-].[Hf]. The molecule has 0 aliphatic carbocycles. The van der Waals surface area contributed by atoms with Crippen molar-refractivity contribution in [1.82, 2.24) is 4.98 Å². The maximum atomic E-state index is 11.9. The molecule has 5 aromatic rings. The average molecular weight is 818 g/mol. The van der Waals surface area contributed by atoms with Gasteiger partial charge in [-0.25, -0.2) is 0 Å². The Labute approximate surface area is 316 Å². The van der Waals surface area contributed by atoms with Gasteiger partial charge in [-0.2, -0.15) is 0 Å². The van der Waals surface area contributed by atoms with Gasteiger partial charge in [-0.15, -0.1) is 5.69 Å². The van der Waals surface area contributed by atoms with E-state index in [0.717, 1.165) is 50.5 Å². The van der Waals surface area contributed by atoms with Crippen molar-refractivity contribution in [3.05, 3.63) is 145 Å². The molecule has 0 saturated heterocycles. The Morgan fingerprint density at radius 3 is 1.67 bits per heavy atom. The molecule has 1 heterocycles. The van der Waals surface area contributed by atoms with Crippen LogP contribution in [-0.4, -0.2) is 10.1 Å². The van der Waals surface area contributed by atoms with Gasteiger partial charge < -0.3 is 25.3 Å². The number of aromatic nitrogens is 1. The van der Waals surface area contributed by atoms with E-state index in [1.54, 1.807) is 0 Å². The van der Waals surface area contributed by atoms with Crippen LogP contribution >= 0.6 is 0 Å². The van der Waals surface area contributed by atoms with E-state index in [9.17, 15) is 5.11 Å². The summed E-state index contributed by atoms with van der Waals surface area (Å²) in [6.45, 7) is 20.4. The van der Waals surface area contributed by atoms with Crippen molar-refractivity contribution in [2.75, 3.05) is 0 Å². The molecule has 1 N–H and O–H groups in total. The first kappa shape index (κ1) is 41.7. The number of hydrogen-bond acceptors (Lipinski definition) is 2. The van der Waals surface area contributed by atoms with Crippen LogP contribution in [0.15, 0.2) is 91.0 Å². The maximum absolute atomic E-state index is 11.9. The Bertz CT molecular complexity index is 1780. The molecule has 3 nitrogen and oxygen atoms in total. The molecule has 0 unspecified atom stereocenters. The van der Waals surface area contributed by atoms with E-state index >= 15 is 0 Å². The monoisotopic (exact) mass is 819 g/mol. The van der Waals surface area contributed by atoms with Crippen molar-refractivity contribution in [1.29, 1.82) is 0 Å². The third-order valence-electron chi connectivity index (χ3n) is 8.92. The summed E-state index contributed by atoms with van der Waals surface area (Å²) in [5.41, 5.74) is 13.8. The van der Waals surface area contributed by atoms with Gasteiger partial charge in [0.1, 0.15) is 5.75 Å². The fourth-order valence-electron chi connectivity index (χ4n) is 6.22. The van der Waals surface area contributed by atoms with Gasteiger partial charge in [0, 0.05) is 48.2 Å². The summed E-state index contributed by atoms with van der Waals surface area (Å²) >= 11 is 0. The molecule has 0 spiro atoms. The molecule has 0 aliphatic heterocycles. The summed E-state index contributed by atoms with van der Waals surface area (Å²) in [6.07, 6.45) is 0. The number of hydrogen-bond donors (Lipinski definition) is 1. The van der Waals surface area contributed by atoms with Crippen molar-refractivity contribution in [2.24, 2.45) is 0 Å². The minimum Gasteiger partial charge on any atom is -0.679 e. The van der Waals surface area contributed by atoms with Gasteiger partial charge in [0.05, 0.1) is 5.69 Å². The number of aromatic hydroxyl groups is 1. The molecule has 4 aromatic carbocycles. The van der Waals surface area contributed by atoms with E-state index < -0.39 is 0 Å². The number of phenolic OH excluding ortho intramolecular Hbond substituents is 1. The Hall–Kier alpha value is -3.50. The quantitative estimate of drug-likeness (QED) is 0.113. The predicted molar refractivity (Wildman–Crippen MR) is 209 cm³/mol. The summed E-state index contributed by atoms with van der Waals surface area (Å²) < 4.78 is 0. The molecular weight excluding hydrogens is 763 g/mol. The van der Waals surface area contributed by atoms with Crippen LogP contribution in [0.4, 0.5) is 5.69 Å². The van der Waals surface area contributed by atoms with Crippen LogP contribution < -0.4 is 0 Å². The number of aryl methyl sites for hydroxylation is 1. The number of para-hydroxylation sites is 1. The first-order valence-corrected chi connectivity index (χ1v) is 16.8. The van der Waals surface area contributed by atoms with Crippen LogP contribution in [-0.2, 0) is 32.4 Å². The van der Waals surface area contributed by atoms with Crippen LogP contribution in [0.3, 0.4) is 0 Å². The van der Waals surface area contributed by atoms with Crippen molar-refractivity contribution in [3.8, 4) is 39.3 Å². The van der Waals surface area contributed by atoms with Gasteiger partial charge in [0.15, 0.2) is 0 Å². The summed E-state index contributed by atoms with van der Waals surface area (Å²) in [6, 6.07) is 31.9. The molecule has 258 valence electrons. The van der Waals surface area contributed by atoms with Gasteiger partial charge >= 0.3 is 0 Å². The molecule has 49 heavy (non-hydrogen) atoms. The van der Waals surface area contributed by atoms with E-state index in [4.69, 9.17) is 10.3 Å². The topological polar surface area (TPSA) is 47.2 Å². The fraction of sp³-hybridized carbons (Fsp3) is 0.311. The number of benzene rings is 4. The number of phenols is 1. The zero-order valence-corrected chi connectivity index (χ0v) is 35.1. The minimum atomic E-state index is 0. The standard InChI is InChI=1S/C43H49N2O.2CH3.Hf/c1-26(2)31-22-32(27(3)4)24-33(23-31)39-20-30(9)21-40(43(39)46)37-15-10-11-16-38(37)41-19-12-14-34(45-41)25-44-42-35(28(5)6)17-13-18-36(42)29(7)8;;;/h10-24,26-29H,25H2,1-9H3,(H,45,46);2*1H3;/q3*-1;. The van der Waals surface area contributed by atoms with Gasteiger partial charge in [-0.05, 0) is 82.7 Å². The number of nitrogens with zero attached hydrogens (tertiary/aromatic N) is 2. The normalized spacial score (nSPS) is 11.0. The van der Waals surface area contributed by atoms with E-state index in [-0.39, 0.29) is 40.7 Å². The Kier molecular flexibility index (Phi) is 15.3.